The average Bonchev–Trinajstić information content (AvgIpc) is 2.83. The fourth-order valence-corrected chi connectivity index (χ4v) is 3.32. The molecule has 0 aliphatic carbocycles. The van der Waals surface area contributed by atoms with E-state index >= 15 is 0 Å². The zero-order valence-electron chi connectivity index (χ0n) is 10.4. The number of hydrogen-bond donors (Lipinski definition) is 1. The smallest absolute Gasteiger partial charge is 0.147 e. The lowest BCUT2D eigenvalue weighted by Crippen LogP contribution is -2.46. The van der Waals surface area contributed by atoms with E-state index in [1.54, 1.807) is 17.5 Å². The van der Waals surface area contributed by atoms with Crippen LogP contribution in [0.5, 0.6) is 0 Å². The Bertz CT molecular complexity index is 350. The number of ketones is 1. The standard InChI is InChI=1S/C13H20N2OS/c1-2-4-13(5-3-6-14-10-13)11(16)9-12-15-7-8-17-12/h7-8,14H,2-6,9-10H2,1H3. The minimum Gasteiger partial charge on any atom is -0.316 e. The second-order valence-electron chi connectivity index (χ2n) is 4.84. The fraction of sp³-hybridized carbons (Fsp3) is 0.692. The molecule has 17 heavy (non-hydrogen) atoms. The molecule has 2 rings (SSSR count). The quantitative estimate of drug-likeness (QED) is 0.875. The van der Waals surface area contributed by atoms with Crippen LogP contribution in [0.15, 0.2) is 11.6 Å². The van der Waals surface area contributed by atoms with Crippen molar-refractivity contribution in [1.29, 1.82) is 0 Å². The zero-order valence-corrected chi connectivity index (χ0v) is 11.2. The number of thiazole rings is 1. The summed E-state index contributed by atoms with van der Waals surface area (Å²) >= 11 is 1.58. The molecule has 94 valence electrons. The number of carbonyl (C=O) groups is 1. The molecule has 2 heterocycles. The summed E-state index contributed by atoms with van der Waals surface area (Å²) in [5, 5.41) is 6.28. The second-order valence-corrected chi connectivity index (χ2v) is 5.82. The molecule has 0 spiro atoms. The molecular weight excluding hydrogens is 232 g/mol. The molecular formula is C13H20N2OS. The molecule has 1 atom stereocenters. The van der Waals surface area contributed by atoms with Gasteiger partial charge in [0.05, 0.1) is 11.4 Å². The molecule has 1 aliphatic rings. The van der Waals surface area contributed by atoms with Crippen LogP contribution in [0.3, 0.4) is 0 Å². The summed E-state index contributed by atoms with van der Waals surface area (Å²) in [5.74, 6) is 0.376. The summed E-state index contributed by atoms with van der Waals surface area (Å²) in [5.41, 5.74) is -0.126. The Kier molecular flexibility index (Phi) is 4.29. The molecule has 1 fully saturated rings. The van der Waals surface area contributed by atoms with Gasteiger partial charge in [-0.3, -0.25) is 4.79 Å². The van der Waals surface area contributed by atoms with Gasteiger partial charge in [-0.05, 0) is 25.8 Å². The van der Waals surface area contributed by atoms with E-state index in [4.69, 9.17) is 0 Å². The first-order valence-electron chi connectivity index (χ1n) is 6.39. The molecule has 0 saturated carbocycles. The summed E-state index contributed by atoms with van der Waals surface area (Å²) < 4.78 is 0. The third kappa shape index (κ3) is 2.93. The third-order valence-corrected chi connectivity index (χ3v) is 4.37. The van der Waals surface area contributed by atoms with Crippen molar-refractivity contribution in [2.45, 2.75) is 39.0 Å². The molecule has 1 N–H and O–H groups in total. The first-order valence-corrected chi connectivity index (χ1v) is 7.27. The second kappa shape index (κ2) is 5.74. The minimum atomic E-state index is -0.126. The molecule has 1 saturated heterocycles. The van der Waals surface area contributed by atoms with Crippen LogP contribution in [0.1, 0.15) is 37.6 Å². The lowest BCUT2D eigenvalue weighted by Gasteiger charge is -2.36. The Morgan fingerprint density at radius 2 is 2.53 bits per heavy atom. The Morgan fingerprint density at radius 3 is 3.12 bits per heavy atom. The summed E-state index contributed by atoms with van der Waals surface area (Å²) in [6.45, 7) is 4.06. The Labute approximate surface area is 107 Å². The molecule has 0 radical (unpaired) electrons. The molecule has 3 nitrogen and oxygen atoms in total. The predicted octanol–water partition coefficient (Wildman–Crippen LogP) is 2.42. The van der Waals surface area contributed by atoms with Crippen LogP contribution in [-0.2, 0) is 11.2 Å². The van der Waals surface area contributed by atoms with Crippen LogP contribution < -0.4 is 5.32 Å². The van der Waals surface area contributed by atoms with Crippen molar-refractivity contribution in [3.63, 3.8) is 0 Å². The first kappa shape index (κ1) is 12.7. The Morgan fingerprint density at radius 1 is 1.65 bits per heavy atom. The van der Waals surface area contributed by atoms with Gasteiger partial charge in [0.25, 0.3) is 0 Å². The van der Waals surface area contributed by atoms with Gasteiger partial charge in [-0.1, -0.05) is 13.3 Å². The lowest BCUT2D eigenvalue weighted by atomic mass is 9.73. The number of Topliss-reactive ketones (excluding diaryl/α,β-unsaturated/α-hetero) is 1. The molecule has 0 amide bonds. The maximum atomic E-state index is 12.5. The van der Waals surface area contributed by atoms with Gasteiger partial charge < -0.3 is 5.32 Å². The van der Waals surface area contributed by atoms with Gasteiger partial charge in [-0.2, -0.15) is 0 Å². The predicted molar refractivity (Wildman–Crippen MR) is 70.3 cm³/mol. The summed E-state index contributed by atoms with van der Waals surface area (Å²) in [7, 11) is 0. The third-order valence-electron chi connectivity index (χ3n) is 3.59. The SMILES string of the molecule is CCCC1(C(=O)Cc2nccs2)CCCNC1. The number of aromatic nitrogens is 1. The number of hydrogen-bond acceptors (Lipinski definition) is 4. The highest BCUT2D eigenvalue weighted by molar-refractivity contribution is 7.09. The number of rotatable bonds is 5. The number of carbonyl (C=O) groups excluding carboxylic acids is 1. The van der Waals surface area contributed by atoms with Gasteiger partial charge in [0.2, 0.25) is 0 Å². The summed E-state index contributed by atoms with van der Waals surface area (Å²) in [6, 6.07) is 0. The van der Waals surface area contributed by atoms with E-state index < -0.39 is 0 Å². The molecule has 0 bridgehead atoms. The minimum absolute atomic E-state index is 0.126. The van der Waals surface area contributed by atoms with Gasteiger partial charge in [0, 0.05) is 23.5 Å². The maximum Gasteiger partial charge on any atom is 0.147 e. The van der Waals surface area contributed by atoms with E-state index in [-0.39, 0.29) is 5.41 Å². The molecule has 1 unspecified atom stereocenters. The van der Waals surface area contributed by atoms with E-state index in [1.165, 1.54) is 0 Å². The van der Waals surface area contributed by atoms with E-state index in [0.29, 0.717) is 12.2 Å². The van der Waals surface area contributed by atoms with Crippen molar-refractivity contribution >= 4 is 17.1 Å². The van der Waals surface area contributed by atoms with Crippen molar-refractivity contribution in [3.8, 4) is 0 Å². The number of piperidine rings is 1. The highest BCUT2D eigenvalue weighted by Crippen LogP contribution is 2.33. The molecule has 0 aromatic carbocycles. The Hall–Kier alpha value is -0.740. The fourth-order valence-electron chi connectivity index (χ4n) is 2.70. The highest BCUT2D eigenvalue weighted by Gasteiger charge is 2.38. The van der Waals surface area contributed by atoms with Crippen molar-refractivity contribution in [2.24, 2.45) is 5.41 Å². The van der Waals surface area contributed by atoms with Gasteiger partial charge in [0.15, 0.2) is 0 Å². The van der Waals surface area contributed by atoms with Crippen molar-refractivity contribution < 1.29 is 4.79 Å². The van der Waals surface area contributed by atoms with E-state index in [2.05, 4.69) is 17.2 Å². The average molecular weight is 252 g/mol. The van der Waals surface area contributed by atoms with Crippen LogP contribution in [0.2, 0.25) is 0 Å². The summed E-state index contributed by atoms with van der Waals surface area (Å²) in [6.07, 6.45) is 6.52. The van der Waals surface area contributed by atoms with Crippen LogP contribution in [0, 0.1) is 5.41 Å². The monoisotopic (exact) mass is 252 g/mol. The van der Waals surface area contributed by atoms with Gasteiger partial charge >= 0.3 is 0 Å². The van der Waals surface area contributed by atoms with Crippen molar-refractivity contribution in [2.75, 3.05) is 13.1 Å². The topological polar surface area (TPSA) is 42.0 Å². The lowest BCUT2D eigenvalue weighted by molar-refractivity contribution is -0.129. The van der Waals surface area contributed by atoms with Crippen LogP contribution in [0.25, 0.3) is 0 Å². The number of nitrogens with zero attached hydrogens (tertiary/aromatic N) is 1. The first-order chi connectivity index (χ1) is 8.27. The van der Waals surface area contributed by atoms with Crippen LogP contribution in [0.4, 0.5) is 0 Å². The normalized spacial score (nSPS) is 24.8. The van der Waals surface area contributed by atoms with E-state index in [1.807, 2.05) is 5.38 Å². The van der Waals surface area contributed by atoms with Crippen molar-refractivity contribution in [3.05, 3.63) is 16.6 Å². The van der Waals surface area contributed by atoms with Crippen LogP contribution in [-0.4, -0.2) is 23.9 Å². The molecule has 1 aromatic rings. The van der Waals surface area contributed by atoms with Crippen LogP contribution >= 0.6 is 11.3 Å². The van der Waals surface area contributed by atoms with Gasteiger partial charge in [0.1, 0.15) is 5.78 Å². The zero-order chi connectivity index (χ0) is 12.1. The molecule has 4 heteroatoms. The largest absolute Gasteiger partial charge is 0.316 e. The van der Waals surface area contributed by atoms with Gasteiger partial charge in [-0.15, -0.1) is 11.3 Å². The summed E-state index contributed by atoms with van der Waals surface area (Å²) in [4.78, 5) is 16.7. The van der Waals surface area contributed by atoms with Gasteiger partial charge in [-0.25, -0.2) is 4.98 Å². The van der Waals surface area contributed by atoms with E-state index in [9.17, 15) is 4.79 Å². The number of nitrogens with one attached hydrogen (secondary N) is 1. The maximum absolute atomic E-state index is 12.5. The Balaban J connectivity index is 2.06. The molecule has 1 aliphatic heterocycles. The van der Waals surface area contributed by atoms with E-state index in [0.717, 1.165) is 43.8 Å². The highest BCUT2D eigenvalue weighted by atomic mass is 32.1. The molecule has 1 aromatic heterocycles. The van der Waals surface area contributed by atoms with Crippen molar-refractivity contribution in [1.82, 2.24) is 10.3 Å².